The number of hydrogen-bond acceptors (Lipinski definition) is 3. The van der Waals surface area contributed by atoms with E-state index in [-0.39, 0.29) is 44.1 Å². The maximum atomic E-state index is 12.6. The third kappa shape index (κ3) is 5.59. The first-order chi connectivity index (χ1) is 9.50. The van der Waals surface area contributed by atoms with Gasteiger partial charge in [-0.25, -0.2) is 0 Å². The van der Waals surface area contributed by atoms with Crippen LogP contribution in [0.25, 0.3) is 0 Å². The Balaban J connectivity index is 0.00000400. The second-order valence-electron chi connectivity index (χ2n) is 6.63. The molecule has 1 saturated carbocycles. The van der Waals surface area contributed by atoms with Gasteiger partial charge in [-0.2, -0.15) is 0 Å². The number of carbonyl (C=O) groups excluding carboxylic acids is 1. The van der Waals surface area contributed by atoms with E-state index in [1.165, 1.54) is 19.3 Å². The number of likely N-dealkylation sites (N-methyl/N-ethyl adjacent to an activating group) is 1. The Morgan fingerprint density at radius 2 is 1.90 bits per heavy atom. The van der Waals surface area contributed by atoms with Gasteiger partial charge in [0.15, 0.2) is 0 Å². The molecule has 1 radical (unpaired) electrons. The fourth-order valence-electron chi connectivity index (χ4n) is 3.47. The molecule has 1 aliphatic carbocycles. The van der Waals surface area contributed by atoms with Gasteiger partial charge < -0.3 is 9.64 Å². The van der Waals surface area contributed by atoms with Gasteiger partial charge in [0.2, 0.25) is 0 Å². The van der Waals surface area contributed by atoms with Crippen molar-refractivity contribution in [2.45, 2.75) is 59.3 Å². The summed E-state index contributed by atoms with van der Waals surface area (Å²) in [6, 6.07) is 0. The van der Waals surface area contributed by atoms with E-state index in [1.54, 1.807) is 0 Å². The second-order valence-corrected chi connectivity index (χ2v) is 6.63. The average molecular weight is 372 g/mol. The molecule has 0 saturated heterocycles. The van der Waals surface area contributed by atoms with E-state index in [4.69, 9.17) is 4.74 Å². The molecule has 2 atom stereocenters. The van der Waals surface area contributed by atoms with Crippen molar-refractivity contribution >= 4 is 5.97 Å². The molecule has 3 nitrogen and oxygen atoms in total. The first-order valence-corrected chi connectivity index (χ1v) is 8.32. The van der Waals surface area contributed by atoms with E-state index in [1.807, 2.05) is 14.1 Å². The molecule has 1 fully saturated rings. The summed E-state index contributed by atoms with van der Waals surface area (Å²) in [4.78, 5) is 14.7. The van der Waals surface area contributed by atoms with Gasteiger partial charge >= 0.3 is 5.97 Å². The monoisotopic (exact) mass is 372 g/mol. The molecule has 0 amide bonds. The van der Waals surface area contributed by atoms with E-state index in [0.717, 1.165) is 25.8 Å². The molecule has 2 unspecified atom stereocenters. The molecular weight excluding hydrogens is 339 g/mol. The van der Waals surface area contributed by atoms with E-state index < -0.39 is 0 Å². The molecule has 0 heterocycles. The van der Waals surface area contributed by atoms with Gasteiger partial charge in [0.25, 0.3) is 0 Å². The van der Waals surface area contributed by atoms with Crippen molar-refractivity contribution < 1.29 is 42.2 Å². The van der Waals surface area contributed by atoms with Gasteiger partial charge in [-0.05, 0) is 45.2 Å². The topological polar surface area (TPSA) is 29.5 Å². The zero-order valence-electron chi connectivity index (χ0n) is 14.7. The van der Waals surface area contributed by atoms with Crippen LogP contribution in [0.1, 0.15) is 59.3 Å². The number of nitrogens with zero attached hydrogens (tertiary/aromatic N) is 1. The van der Waals surface area contributed by atoms with Gasteiger partial charge in [-0.1, -0.05) is 40.0 Å². The maximum absolute atomic E-state index is 12.6. The smallest absolute Gasteiger partial charge is 0.312 e. The molecule has 121 valence electrons. The predicted octanol–water partition coefficient (Wildman–Crippen LogP) is 3.72. The Morgan fingerprint density at radius 3 is 2.29 bits per heavy atom. The minimum absolute atomic E-state index is 0. The second kappa shape index (κ2) is 10.3. The Morgan fingerprint density at radius 1 is 1.29 bits per heavy atom. The van der Waals surface area contributed by atoms with Crippen LogP contribution in [0.5, 0.6) is 0 Å². The van der Waals surface area contributed by atoms with Gasteiger partial charge in [-0.15, -0.1) is 0 Å². The van der Waals surface area contributed by atoms with E-state index >= 15 is 0 Å². The summed E-state index contributed by atoms with van der Waals surface area (Å²) in [6.07, 6.45) is 6.68. The van der Waals surface area contributed by atoms with Crippen LogP contribution in [0.15, 0.2) is 0 Å². The van der Waals surface area contributed by atoms with Crippen molar-refractivity contribution in [3.05, 3.63) is 0 Å². The van der Waals surface area contributed by atoms with Gasteiger partial charge in [-0.3, -0.25) is 4.79 Å². The third-order valence-electron chi connectivity index (χ3n) is 5.20. The van der Waals surface area contributed by atoms with Crippen molar-refractivity contribution in [2.75, 3.05) is 27.2 Å². The van der Waals surface area contributed by atoms with Crippen molar-refractivity contribution in [3.8, 4) is 0 Å². The minimum Gasteiger partial charge on any atom is -0.464 e. The maximum Gasteiger partial charge on any atom is 0.312 e. The molecular formula is C17H33NO2Y. The molecule has 21 heavy (non-hydrogen) atoms. The van der Waals surface area contributed by atoms with Crippen LogP contribution < -0.4 is 0 Å². The fourth-order valence-corrected chi connectivity index (χ4v) is 3.47. The zero-order valence-corrected chi connectivity index (χ0v) is 17.5. The number of esters is 1. The van der Waals surface area contributed by atoms with Crippen molar-refractivity contribution in [1.82, 2.24) is 4.90 Å². The molecule has 1 aliphatic rings. The summed E-state index contributed by atoms with van der Waals surface area (Å²) in [7, 11) is 4.01. The van der Waals surface area contributed by atoms with Gasteiger partial charge in [0.05, 0.1) is 5.41 Å². The largest absolute Gasteiger partial charge is 0.464 e. The summed E-state index contributed by atoms with van der Waals surface area (Å²) < 4.78 is 5.60. The summed E-state index contributed by atoms with van der Waals surface area (Å²) in [5, 5.41) is 0. The first-order valence-electron chi connectivity index (χ1n) is 8.32. The quantitative estimate of drug-likeness (QED) is 0.578. The number of hydrogen-bond donors (Lipinski definition) is 0. The van der Waals surface area contributed by atoms with E-state index in [2.05, 4.69) is 25.7 Å². The number of rotatable bonds is 9. The summed E-state index contributed by atoms with van der Waals surface area (Å²) >= 11 is 0. The molecule has 0 aromatic rings. The van der Waals surface area contributed by atoms with Crippen LogP contribution in [0, 0.1) is 17.3 Å². The van der Waals surface area contributed by atoms with E-state index in [0.29, 0.717) is 18.4 Å². The Hall–Kier alpha value is 0.534. The van der Waals surface area contributed by atoms with Gasteiger partial charge in [0.1, 0.15) is 6.61 Å². The van der Waals surface area contributed by atoms with Crippen molar-refractivity contribution in [1.29, 1.82) is 0 Å². The standard InChI is InChI=1S/C17H33NO2.Y/c1-6-14(7-2)13-17(10-9-15(17)8-3)16(19)20-12-11-18(4)5;/h14-15H,6-13H2,1-5H3;. The third-order valence-corrected chi connectivity index (χ3v) is 5.20. The number of ether oxygens (including phenoxy) is 1. The summed E-state index contributed by atoms with van der Waals surface area (Å²) in [6.45, 7) is 8.01. The van der Waals surface area contributed by atoms with Crippen LogP contribution in [0.3, 0.4) is 0 Å². The van der Waals surface area contributed by atoms with Crippen molar-refractivity contribution in [2.24, 2.45) is 17.3 Å². The fraction of sp³-hybridized carbons (Fsp3) is 0.941. The molecule has 0 aromatic carbocycles. The molecule has 0 aromatic heterocycles. The molecule has 0 aliphatic heterocycles. The Kier molecular flexibility index (Phi) is 10.6. The van der Waals surface area contributed by atoms with E-state index in [9.17, 15) is 4.79 Å². The Labute approximate surface area is 156 Å². The summed E-state index contributed by atoms with van der Waals surface area (Å²) in [5.41, 5.74) is -0.169. The SMILES string of the molecule is CCC(CC)CC1(C(=O)OCCN(C)C)CCC1CC.[Y]. The van der Waals surface area contributed by atoms with Crippen molar-refractivity contribution in [3.63, 3.8) is 0 Å². The molecule has 0 N–H and O–H groups in total. The van der Waals surface area contributed by atoms with Crippen LogP contribution in [0.2, 0.25) is 0 Å². The minimum atomic E-state index is -0.169. The van der Waals surface area contributed by atoms with Gasteiger partial charge in [0, 0.05) is 39.3 Å². The normalized spacial score (nSPS) is 24.6. The van der Waals surface area contributed by atoms with Crippen LogP contribution >= 0.6 is 0 Å². The average Bonchev–Trinajstić information content (AvgIpc) is 2.39. The van der Waals surface area contributed by atoms with Crippen LogP contribution in [-0.2, 0) is 42.2 Å². The first kappa shape index (κ1) is 21.5. The predicted molar refractivity (Wildman–Crippen MR) is 83.7 cm³/mol. The van der Waals surface area contributed by atoms with Crippen LogP contribution in [0.4, 0.5) is 0 Å². The number of carbonyl (C=O) groups is 1. The van der Waals surface area contributed by atoms with Crippen LogP contribution in [-0.4, -0.2) is 38.1 Å². The molecule has 4 heteroatoms. The Bertz CT molecular complexity index is 303. The molecule has 0 bridgehead atoms. The molecule has 0 spiro atoms. The molecule has 1 rings (SSSR count). The zero-order chi connectivity index (χ0) is 15.2. The summed E-state index contributed by atoms with van der Waals surface area (Å²) in [5.74, 6) is 1.27.